The Bertz CT molecular complexity index is 1280. The molecule has 0 atom stereocenters. The van der Waals surface area contributed by atoms with E-state index in [9.17, 15) is 0 Å². The van der Waals surface area contributed by atoms with Crippen molar-refractivity contribution in [1.29, 1.82) is 0 Å². The van der Waals surface area contributed by atoms with E-state index in [-0.39, 0.29) is 0 Å². The van der Waals surface area contributed by atoms with Crippen LogP contribution in [0.4, 0.5) is 17.2 Å². The molecule has 0 unspecified atom stereocenters. The molecule has 0 radical (unpaired) electrons. The summed E-state index contributed by atoms with van der Waals surface area (Å²) in [4.78, 5) is 17.3. The molecule has 1 N–H and O–H groups in total. The molecule has 3 aromatic heterocycles. The summed E-state index contributed by atoms with van der Waals surface area (Å²) in [6, 6.07) is 6.12. The zero-order valence-corrected chi connectivity index (χ0v) is 19.0. The van der Waals surface area contributed by atoms with Crippen LogP contribution in [-0.2, 0) is 9.47 Å². The minimum absolute atomic E-state index is 0.399. The number of hydrogen-bond donors (Lipinski definition) is 1. The first-order chi connectivity index (χ1) is 16.3. The van der Waals surface area contributed by atoms with Crippen LogP contribution < -0.4 is 15.0 Å². The zero-order valence-electron chi connectivity index (χ0n) is 18.2. The smallest absolute Gasteiger partial charge is 0.180 e. The molecule has 1 aromatic carbocycles. The highest BCUT2D eigenvalue weighted by Gasteiger charge is 2.24. The topological polar surface area (TPSA) is 86.0 Å². The fourth-order valence-electron chi connectivity index (χ4n) is 4.06. The number of benzene rings is 1. The number of anilines is 3. The number of morpholine rings is 1. The fourth-order valence-corrected chi connectivity index (χ4v) is 5.01. The number of thiazole rings is 1. The average molecular weight is 465 g/mol. The Morgan fingerprint density at radius 1 is 1.15 bits per heavy atom. The van der Waals surface area contributed by atoms with Crippen molar-refractivity contribution in [3.63, 3.8) is 0 Å². The van der Waals surface area contributed by atoms with Crippen molar-refractivity contribution >= 4 is 34.2 Å². The number of imidazole rings is 1. The molecular weight excluding hydrogens is 440 g/mol. The quantitative estimate of drug-likeness (QED) is 0.464. The molecule has 10 heteroatoms. The molecule has 2 aliphatic heterocycles. The lowest BCUT2D eigenvalue weighted by molar-refractivity contribution is 0.00834. The van der Waals surface area contributed by atoms with Gasteiger partial charge in [-0.15, -0.1) is 11.3 Å². The number of rotatable bonds is 6. The van der Waals surface area contributed by atoms with Gasteiger partial charge < -0.3 is 28.8 Å². The molecule has 9 nitrogen and oxygen atoms in total. The van der Waals surface area contributed by atoms with Gasteiger partial charge in [0.05, 0.1) is 50.0 Å². The molecule has 170 valence electrons. The number of aromatic nitrogens is 4. The number of hydrogen-bond acceptors (Lipinski definition) is 9. The Labute approximate surface area is 195 Å². The van der Waals surface area contributed by atoms with Crippen molar-refractivity contribution in [3.8, 4) is 16.3 Å². The number of nitrogens with one attached hydrogen (secondary N) is 1. The van der Waals surface area contributed by atoms with Crippen molar-refractivity contribution in [2.45, 2.75) is 5.92 Å². The van der Waals surface area contributed by atoms with Crippen LogP contribution in [0.15, 0.2) is 43.0 Å². The van der Waals surface area contributed by atoms with Gasteiger partial charge in [0.25, 0.3) is 0 Å². The van der Waals surface area contributed by atoms with E-state index in [1.165, 1.54) is 0 Å². The molecule has 0 amide bonds. The predicted octanol–water partition coefficient (Wildman–Crippen LogP) is 3.56. The Balaban J connectivity index is 1.32. The van der Waals surface area contributed by atoms with Gasteiger partial charge >= 0.3 is 0 Å². The number of fused-ring (bicyclic) bond motifs is 1. The Morgan fingerprint density at radius 3 is 2.82 bits per heavy atom. The van der Waals surface area contributed by atoms with Gasteiger partial charge in [-0.2, -0.15) is 0 Å². The molecule has 2 aliphatic rings. The van der Waals surface area contributed by atoms with Crippen LogP contribution in [0, 0.1) is 0 Å². The number of nitrogens with zero attached hydrogens (tertiary/aromatic N) is 5. The molecule has 2 fully saturated rings. The van der Waals surface area contributed by atoms with Crippen molar-refractivity contribution in [1.82, 2.24) is 19.4 Å². The van der Waals surface area contributed by atoms with Crippen molar-refractivity contribution in [2.24, 2.45) is 0 Å². The summed E-state index contributed by atoms with van der Waals surface area (Å²) in [7, 11) is 1.70. The highest BCUT2D eigenvalue weighted by Crippen LogP contribution is 2.35. The molecule has 33 heavy (non-hydrogen) atoms. The van der Waals surface area contributed by atoms with Crippen LogP contribution in [0.3, 0.4) is 0 Å². The first kappa shape index (κ1) is 20.4. The molecule has 0 saturated carbocycles. The lowest BCUT2D eigenvalue weighted by Gasteiger charge is -2.30. The van der Waals surface area contributed by atoms with Crippen molar-refractivity contribution in [2.75, 3.05) is 56.8 Å². The van der Waals surface area contributed by atoms with E-state index in [1.54, 1.807) is 24.6 Å². The molecule has 5 heterocycles. The molecular formula is C23H24N6O3S. The van der Waals surface area contributed by atoms with Crippen LogP contribution in [0.5, 0.6) is 5.75 Å². The van der Waals surface area contributed by atoms with Gasteiger partial charge in [-0.25, -0.2) is 15.0 Å². The molecule has 0 spiro atoms. The van der Waals surface area contributed by atoms with Crippen LogP contribution >= 0.6 is 11.3 Å². The largest absolute Gasteiger partial charge is 0.495 e. The van der Waals surface area contributed by atoms with Gasteiger partial charge in [-0.05, 0) is 12.1 Å². The van der Waals surface area contributed by atoms with E-state index in [0.717, 1.165) is 77.9 Å². The third kappa shape index (κ3) is 3.90. The monoisotopic (exact) mass is 464 g/mol. The molecule has 0 bridgehead atoms. The number of methoxy groups -OCH3 is 1. The van der Waals surface area contributed by atoms with E-state index in [1.807, 2.05) is 35.1 Å². The van der Waals surface area contributed by atoms with Crippen LogP contribution in [-0.4, -0.2) is 66.0 Å². The maximum absolute atomic E-state index is 5.70. The standard InChI is InChI=1S/C23H24N6O3S/c1-30-19-10-16(2-3-18(19)28-6-8-31-9-7-28)26-21-22-24-4-5-29(22)12-17(27-21)20-11-25-23(33-20)15-13-32-14-15/h2-5,10-12,15H,6-9,13-14H2,1H3,(H,26,27). The molecule has 2 saturated heterocycles. The summed E-state index contributed by atoms with van der Waals surface area (Å²) in [5, 5.41) is 4.55. The first-order valence-corrected chi connectivity index (χ1v) is 11.8. The Kier molecular flexibility index (Phi) is 5.33. The minimum atomic E-state index is 0.399. The number of ether oxygens (including phenoxy) is 3. The summed E-state index contributed by atoms with van der Waals surface area (Å²) in [6.07, 6.45) is 7.59. The van der Waals surface area contributed by atoms with Crippen LogP contribution in [0.2, 0.25) is 0 Å². The highest BCUT2D eigenvalue weighted by atomic mass is 32.1. The molecule has 0 aliphatic carbocycles. The van der Waals surface area contributed by atoms with E-state index in [4.69, 9.17) is 19.2 Å². The maximum Gasteiger partial charge on any atom is 0.180 e. The summed E-state index contributed by atoms with van der Waals surface area (Å²) in [6.45, 7) is 4.65. The van der Waals surface area contributed by atoms with Gasteiger partial charge in [-0.3, -0.25) is 0 Å². The van der Waals surface area contributed by atoms with E-state index in [2.05, 4.69) is 26.3 Å². The summed E-state index contributed by atoms with van der Waals surface area (Å²) in [5.74, 6) is 1.89. The van der Waals surface area contributed by atoms with Crippen molar-refractivity contribution in [3.05, 3.63) is 48.0 Å². The van der Waals surface area contributed by atoms with Gasteiger partial charge in [0.2, 0.25) is 0 Å². The molecule has 6 rings (SSSR count). The Hall–Kier alpha value is -3.21. The highest BCUT2D eigenvalue weighted by molar-refractivity contribution is 7.15. The van der Waals surface area contributed by atoms with E-state index >= 15 is 0 Å². The second kappa shape index (κ2) is 8.62. The van der Waals surface area contributed by atoms with Gasteiger partial charge in [0, 0.05) is 49.6 Å². The summed E-state index contributed by atoms with van der Waals surface area (Å²) < 4.78 is 18.5. The van der Waals surface area contributed by atoms with Crippen LogP contribution in [0.25, 0.3) is 16.2 Å². The lowest BCUT2D eigenvalue weighted by Crippen LogP contribution is -2.36. The van der Waals surface area contributed by atoms with E-state index in [0.29, 0.717) is 11.7 Å². The predicted molar refractivity (Wildman–Crippen MR) is 127 cm³/mol. The molecule has 4 aromatic rings. The van der Waals surface area contributed by atoms with Gasteiger partial charge in [0.15, 0.2) is 11.5 Å². The maximum atomic E-state index is 5.70. The lowest BCUT2D eigenvalue weighted by atomic mass is 10.1. The third-order valence-corrected chi connectivity index (χ3v) is 7.11. The first-order valence-electron chi connectivity index (χ1n) is 10.9. The van der Waals surface area contributed by atoms with Gasteiger partial charge in [-0.1, -0.05) is 0 Å². The van der Waals surface area contributed by atoms with Crippen molar-refractivity contribution < 1.29 is 14.2 Å². The summed E-state index contributed by atoms with van der Waals surface area (Å²) in [5.41, 5.74) is 3.56. The minimum Gasteiger partial charge on any atom is -0.495 e. The second-order valence-corrected chi connectivity index (χ2v) is 9.10. The summed E-state index contributed by atoms with van der Waals surface area (Å²) >= 11 is 1.67. The third-order valence-electron chi connectivity index (χ3n) is 5.93. The Morgan fingerprint density at radius 2 is 2.03 bits per heavy atom. The average Bonchev–Trinajstić information content (AvgIpc) is 3.48. The second-order valence-electron chi connectivity index (χ2n) is 8.04. The van der Waals surface area contributed by atoms with Gasteiger partial charge in [0.1, 0.15) is 16.5 Å². The van der Waals surface area contributed by atoms with E-state index < -0.39 is 0 Å². The van der Waals surface area contributed by atoms with Crippen LogP contribution in [0.1, 0.15) is 10.9 Å². The fraction of sp³-hybridized carbons (Fsp3) is 0.348. The SMILES string of the molecule is COc1cc(Nc2nc(-c3cnc(C4COC4)s3)cn3ccnc23)ccc1N1CCOCC1. The normalized spacial score (nSPS) is 16.7. The zero-order chi connectivity index (χ0) is 22.2.